The van der Waals surface area contributed by atoms with E-state index >= 15 is 0 Å². The van der Waals surface area contributed by atoms with Crippen LogP contribution in [0.25, 0.3) is 22.6 Å². The maximum atomic E-state index is 4.91. The highest BCUT2D eigenvalue weighted by molar-refractivity contribution is 5.88. The molecule has 4 aromatic rings. The highest BCUT2D eigenvalue weighted by Gasteiger charge is 2.27. The van der Waals surface area contributed by atoms with Gasteiger partial charge >= 0.3 is 0 Å². The zero-order valence-electron chi connectivity index (χ0n) is 14.7. The van der Waals surface area contributed by atoms with Gasteiger partial charge in [-0.05, 0) is 31.2 Å². The van der Waals surface area contributed by atoms with Gasteiger partial charge < -0.3 is 9.47 Å². The molecule has 130 valence electrons. The molecule has 1 aliphatic heterocycles. The molecule has 7 nitrogen and oxygen atoms in total. The molecule has 5 rings (SSSR count). The van der Waals surface area contributed by atoms with E-state index in [2.05, 4.69) is 44.8 Å². The molecule has 0 unspecified atom stereocenters. The molecule has 4 aromatic heterocycles. The average Bonchev–Trinajstić information content (AvgIpc) is 3.30. The van der Waals surface area contributed by atoms with Crippen LogP contribution in [0.3, 0.4) is 0 Å². The van der Waals surface area contributed by atoms with E-state index in [1.54, 1.807) is 10.9 Å². The number of nitrogens with zero attached hydrogens (tertiary/aromatic N) is 7. The van der Waals surface area contributed by atoms with E-state index in [0.29, 0.717) is 5.82 Å². The number of pyridine rings is 1. The fourth-order valence-corrected chi connectivity index (χ4v) is 3.70. The summed E-state index contributed by atoms with van der Waals surface area (Å²) in [5, 5.41) is 5.38. The van der Waals surface area contributed by atoms with Crippen LogP contribution in [0.1, 0.15) is 18.7 Å². The Balaban J connectivity index is 1.70. The van der Waals surface area contributed by atoms with E-state index in [1.807, 2.05) is 31.4 Å². The Morgan fingerprint density at radius 3 is 2.85 bits per heavy atom. The monoisotopic (exact) mass is 345 g/mol. The molecule has 0 amide bonds. The third-order valence-electron chi connectivity index (χ3n) is 5.08. The van der Waals surface area contributed by atoms with Crippen LogP contribution in [-0.4, -0.2) is 35.8 Å². The van der Waals surface area contributed by atoms with Crippen LogP contribution >= 0.6 is 0 Å². The molecule has 1 atom stereocenters. The molecule has 7 heteroatoms. The summed E-state index contributed by atoms with van der Waals surface area (Å²) < 4.78 is 4.10. The number of anilines is 1. The van der Waals surface area contributed by atoms with Crippen molar-refractivity contribution in [3.8, 4) is 11.5 Å². The predicted molar refractivity (Wildman–Crippen MR) is 99.7 cm³/mol. The predicted octanol–water partition coefficient (Wildman–Crippen LogP) is 2.81. The highest BCUT2D eigenvalue weighted by atomic mass is 15.3. The minimum absolute atomic E-state index is 0.230. The number of aromatic nitrogens is 6. The Kier molecular flexibility index (Phi) is 3.28. The van der Waals surface area contributed by atoms with Gasteiger partial charge in [0.05, 0.1) is 17.6 Å². The van der Waals surface area contributed by atoms with E-state index in [9.17, 15) is 0 Å². The first-order valence-corrected chi connectivity index (χ1v) is 8.75. The summed E-state index contributed by atoms with van der Waals surface area (Å²) in [5.74, 6) is 1.55. The lowest BCUT2D eigenvalue weighted by Gasteiger charge is -2.36. The van der Waals surface area contributed by atoms with Gasteiger partial charge in [0.2, 0.25) is 0 Å². The van der Waals surface area contributed by atoms with Gasteiger partial charge in [0.15, 0.2) is 11.5 Å². The number of rotatable bonds is 2. The molecule has 0 aromatic carbocycles. The van der Waals surface area contributed by atoms with E-state index in [4.69, 9.17) is 9.97 Å². The highest BCUT2D eigenvalue weighted by Crippen LogP contribution is 2.34. The molecular weight excluding hydrogens is 326 g/mol. The second-order valence-electron chi connectivity index (χ2n) is 6.59. The van der Waals surface area contributed by atoms with Crippen molar-refractivity contribution < 1.29 is 0 Å². The average molecular weight is 345 g/mol. The minimum Gasteiger partial charge on any atom is -0.348 e. The van der Waals surface area contributed by atoms with Crippen LogP contribution in [0, 0.1) is 0 Å². The van der Waals surface area contributed by atoms with Crippen LogP contribution < -0.4 is 4.90 Å². The van der Waals surface area contributed by atoms with Gasteiger partial charge in [0.25, 0.3) is 0 Å². The summed E-state index contributed by atoms with van der Waals surface area (Å²) in [4.78, 5) is 16.4. The molecule has 0 N–H and O–H groups in total. The molecule has 0 spiro atoms. The molecular formula is C19H19N7. The Hall–Kier alpha value is -3.22. The maximum Gasteiger partial charge on any atom is 0.182 e. The molecule has 1 aliphatic rings. The Labute approximate surface area is 150 Å². The number of aryl methyl sites for hydroxylation is 1. The topological polar surface area (TPSA) is 64.7 Å². The van der Waals surface area contributed by atoms with E-state index in [1.165, 1.54) is 5.69 Å². The van der Waals surface area contributed by atoms with Crippen LogP contribution in [-0.2, 0) is 13.6 Å². The molecule has 0 saturated heterocycles. The molecule has 0 fully saturated rings. The summed E-state index contributed by atoms with van der Waals surface area (Å²) in [6, 6.07) is 10.3. The van der Waals surface area contributed by atoms with Gasteiger partial charge in [-0.3, -0.25) is 9.67 Å². The van der Waals surface area contributed by atoms with E-state index < -0.39 is 0 Å². The van der Waals surface area contributed by atoms with Crippen molar-refractivity contribution in [3.63, 3.8) is 0 Å². The largest absolute Gasteiger partial charge is 0.348 e. The Morgan fingerprint density at radius 1 is 1.08 bits per heavy atom. The molecule has 26 heavy (non-hydrogen) atoms. The minimum atomic E-state index is 0.230. The van der Waals surface area contributed by atoms with Gasteiger partial charge in [-0.25, -0.2) is 9.97 Å². The van der Waals surface area contributed by atoms with Gasteiger partial charge in [-0.2, -0.15) is 5.10 Å². The normalized spacial score (nSPS) is 16.8. The molecule has 0 aliphatic carbocycles. The Morgan fingerprint density at radius 2 is 2.00 bits per heavy atom. The first kappa shape index (κ1) is 15.1. The van der Waals surface area contributed by atoms with Crippen molar-refractivity contribution in [3.05, 3.63) is 54.6 Å². The summed E-state index contributed by atoms with van der Waals surface area (Å²) in [6.45, 7) is 4.05. The van der Waals surface area contributed by atoms with Crippen LogP contribution in [0.2, 0.25) is 0 Å². The zero-order valence-corrected chi connectivity index (χ0v) is 14.7. The number of hydrogen-bond acceptors (Lipinski definition) is 5. The third-order valence-corrected chi connectivity index (χ3v) is 5.08. The lowest BCUT2D eigenvalue weighted by molar-refractivity contribution is 0.507. The molecule has 0 radical (unpaired) electrons. The van der Waals surface area contributed by atoms with Crippen molar-refractivity contribution in [2.24, 2.45) is 7.05 Å². The summed E-state index contributed by atoms with van der Waals surface area (Å²) in [6.07, 6.45) is 5.76. The molecule has 0 saturated carbocycles. The quantitative estimate of drug-likeness (QED) is 0.559. The van der Waals surface area contributed by atoms with Gasteiger partial charge in [-0.15, -0.1) is 0 Å². The van der Waals surface area contributed by atoms with E-state index in [0.717, 1.165) is 35.6 Å². The second kappa shape index (κ2) is 5.66. The Bertz CT molecular complexity index is 1080. The van der Waals surface area contributed by atoms with Gasteiger partial charge in [0.1, 0.15) is 11.5 Å². The van der Waals surface area contributed by atoms with Crippen molar-refractivity contribution in [1.29, 1.82) is 0 Å². The molecule has 0 bridgehead atoms. The van der Waals surface area contributed by atoms with Crippen molar-refractivity contribution in [1.82, 2.24) is 29.3 Å². The summed E-state index contributed by atoms with van der Waals surface area (Å²) in [5.41, 5.74) is 2.89. The zero-order chi connectivity index (χ0) is 17.7. The third kappa shape index (κ3) is 2.20. The lowest BCUT2D eigenvalue weighted by atomic mass is 10.1. The summed E-state index contributed by atoms with van der Waals surface area (Å²) in [7, 11) is 1.91. The van der Waals surface area contributed by atoms with Gasteiger partial charge in [0, 0.05) is 38.2 Å². The lowest BCUT2D eigenvalue weighted by Crippen LogP contribution is -2.37. The van der Waals surface area contributed by atoms with Crippen molar-refractivity contribution in [2.75, 3.05) is 11.4 Å². The van der Waals surface area contributed by atoms with Crippen molar-refractivity contribution >= 4 is 16.9 Å². The van der Waals surface area contributed by atoms with Crippen LogP contribution in [0.5, 0.6) is 0 Å². The summed E-state index contributed by atoms with van der Waals surface area (Å²) >= 11 is 0. The fraction of sp³-hybridized carbons (Fsp3) is 0.263. The SMILES string of the molecule is C[C@H]1c2cccn2CCN1c1nc(-c2ccccn2)nc2c1cnn2C. The van der Waals surface area contributed by atoms with Crippen LogP contribution in [0.4, 0.5) is 5.82 Å². The van der Waals surface area contributed by atoms with Crippen LogP contribution in [0.15, 0.2) is 48.9 Å². The first-order chi connectivity index (χ1) is 12.7. The smallest absolute Gasteiger partial charge is 0.182 e. The standard InChI is InChI=1S/C19H19N7/c1-13-16-7-5-9-25(16)10-11-26(13)19-14-12-21-24(2)18(14)22-17(23-19)15-6-3-4-8-20-15/h3-9,12-13H,10-11H2,1-2H3/t13-/m0/s1. The van der Waals surface area contributed by atoms with Gasteiger partial charge in [-0.1, -0.05) is 6.07 Å². The van der Waals surface area contributed by atoms with E-state index in [-0.39, 0.29) is 6.04 Å². The number of fused-ring (bicyclic) bond motifs is 2. The second-order valence-corrected chi connectivity index (χ2v) is 6.59. The molecule has 5 heterocycles. The first-order valence-electron chi connectivity index (χ1n) is 8.75. The fourth-order valence-electron chi connectivity index (χ4n) is 3.70. The maximum absolute atomic E-state index is 4.91. The number of hydrogen-bond donors (Lipinski definition) is 0. The van der Waals surface area contributed by atoms with Crippen molar-refractivity contribution in [2.45, 2.75) is 19.5 Å².